The zero-order valence-electron chi connectivity index (χ0n) is 11.4. The van der Waals surface area contributed by atoms with Gasteiger partial charge in [0.1, 0.15) is 12.1 Å². The number of ether oxygens (including phenoxy) is 3. The Bertz CT molecular complexity index is 833. The Morgan fingerprint density at radius 3 is 2.86 bits per heavy atom. The molecule has 21 heavy (non-hydrogen) atoms. The molecule has 1 aliphatic heterocycles. The zero-order chi connectivity index (χ0) is 14.2. The van der Waals surface area contributed by atoms with E-state index in [0.29, 0.717) is 17.4 Å². The monoisotopic (exact) mass is 280 g/mol. The second-order valence-corrected chi connectivity index (χ2v) is 4.82. The van der Waals surface area contributed by atoms with Crippen LogP contribution in [0.25, 0.3) is 10.9 Å². The van der Waals surface area contributed by atoms with Crippen LogP contribution in [0.2, 0.25) is 0 Å². The molecule has 0 N–H and O–H groups in total. The standard InChI is InChI=1S/C16H12N2O3/c1-10-2-4-13-12(6-10)16(18-8-17-13)21-11-3-5-14-15(7-11)20-9-19-14/h2-8H,9H2,1H3. The number of rotatable bonds is 2. The first-order chi connectivity index (χ1) is 10.3. The van der Waals surface area contributed by atoms with Gasteiger partial charge in [-0.2, -0.15) is 0 Å². The quantitative estimate of drug-likeness (QED) is 0.719. The topological polar surface area (TPSA) is 53.5 Å². The van der Waals surface area contributed by atoms with Crippen LogP contribution in [0.1, 0.15) is 5.56 Å². The van der Waals surface area contributed by atoms with E-state index in [9.17, 15) is 0 Å². The van der Waals surface area contributed by atoms with Gasteiger partial charge in [-0.15, -0.1) is 0 Å². The van der Waals surface area contributed by atoms with E-state index in [-0.39, 0.29) is 6.79 Å². The average Bonchev–Trinajstić information content (AvgIpc) is 2.95. The average molecular weight is 280 g/mol. The van der Waals surface area contributed by atoms with Gasteiger partial charge in [0.2, 0.25) is 12.7 Å². The first-order valence-corrected chi connectivity index (χ1v) is 6.58. The summed E-state index contributed by atoms with van der Waals surface area (Å²) in [5.74, 6) is 2.59. The Morgan fingerprint density at radius 1 is 1.00 bits per heavy atom. The summed E-state index contributed by atoms with van der Waals surface area (Å²) >= 11 is 0. The fourth-order valence-corrected chi connectivity index (χ4v) is 2.28. The molecular weight excluding hydrogens is 268 g/mol. The van der Waals surface area contributed by atoms with Crippen molar-refractivity contribution in [1.29, 1.82) is 0 Å². The SMILES string of the molecule is Cc1ccc2ncnc(Oc3ccc4c(c3)OCO4)c2c1. The molecule has 1 aromatic heterocycles. The van der Waals surface area contributed by atoms with Crippen LogP contribution in [-0.4, -0.2) is 16.8 Å². The smallest absolute Gasteiger partial charge is 0.231 e. The zero-order valence-corrected chi connectivity index (χ0v) is 11.4. The van der Waals surface area contributed by atoms with Crippen LogP contribution < -0.4 is 14.2 Å². The lowest BCUT2D eigenvalue weighted by atomic mass is 10.2. The predicted molar refractivity (Wildman–Crippen MR) is 76.9 cm³/mol. The molecule has 0 saturated carbocycles. The second kappa shape index (κ2) is 4.63. The Hall–Kier alpha value is -2.82. The van der Waals surface area contributed by atoms with Crippen molar-refractivity contribution < 1.29 is 14.2 Å². The second-order valence-electron chi connectivity index (χ2n) is 4.82. The maximum atomic E-state index is 5.89. The van der Waals surface area contributed by atoms with Gasteiger partial charge in [0.25, 0.3) is 0 Å². The molecule has 0 spiro atoms. The van der Waals surface area contributed by atoms with E-state index in [1.807, 2.05) is 37.3 Å². The fourth-order valence-electron chi connectivity index (χ4n) is 2.28. The van der Waals surface area contributed by atoms with Gasteiger partial charge in [-0.25, -0.2) is 9.97 Å². The summed E-state index contributed by atoms with van der Waals surface area (Å²) in [5, 5.41) is 0.884. The summed E-state index contributed by atoms with van der Waals surface area (Å²) in [7, 11) is 0. The largest absolute Gasteiger partial charge is 0.454 e. The molecule has 0 amide bonds. The van der Waals surface area contributed by atoms with Crippen LogP contribution in [0.4, 0.5) is 0 Å². The molecule has 0 fully saturated rings. The van der Waals surface area contributed by atoms with Crippen molar-refractivity contribution >= 4 is 10.9 Å². The molecule has 2 aromatic carbocycles. The van der Waals surface area contributed by atoms with Gasteiger partial charge in [0.05, 0.1) is 10.9 Å². The number of nitrogens with zero attached hydrogens (tertiary/aromatic N) is 2. The van der Waals surface area contributed by atoms with Gasteiger partial charge in [-0.3, -0.25) is 0 Å². The summed E-state index contributed by atoms with van der Waals surface area (Å²) in [5.41, 5.74) is 1.99. The van der Waals surface area contributed by atoms with Crippen molar-refractivity contribution in [1.82, 2.24) is 9.97 Å². The maximum absolute atomic E-state index is 5.89. The molecule has 0 saturated heterocycles. The van der Waals surface area contributed by atoms with E-state index in [1.54, 1.807) is 6.07 Å². The van der Waals surface area contributed by atoms with Crippen LogP contribution in [0.5, 0.6) is 23.1 Å². The highest BCUT2D eigenvalue weighted by Crippen LogP contribution is 2.37. The normalized spacial score (nSPS) is 12.6. The van der Waals surface area contributed by atoms with Crippen molar-refractivity contribution in [2.75, 3.05) is 6.79 Å². The summed E-state index contributed by atoms with van der Waals surface area (Å²) < 4.78 is 16.5. The highest BCUT2D eigenvalue weighted by atomic mass is 16.7. The van der Waals surface area contributed by atoms with Gasteiger partial charge in [0.15, 0.2) is 11.5 Å². The molecule has 3 aromatic rings. The Morgan fingerprint density at radius 2 is 1.90 bits per heavy atom. The van der Waals surface area contributed by atoms with Crippen LogP contribution in [0, 0.1) is 6.92 Å². The highest BCUT2D eigenvalue weighted by molar-refractivity contribution is 5.84. The number of aryl methyl sites for hydroxylation is 1. The van der Waals surface area contributed by atoms with Crippen molar-refractivity contribution in [3.05, 3.63) is 48.3 Å². The maximum Gasteiger partial charge on any atom is 0.231 e. The lowest BCUT2D eigenvalue weighted by molar-refractivity contribution is 0.174. The Kier molecular flexibility index (Phi) is 2.64. The molecule has 5 nitrogen and oxygen atoms in total. The predicted octanol–water partition coefficient (Wildman–Crippen LogP) is 3.46. The summed E-state index contributed by atoms with van der Waals surface area (Å²) in [6, 6.07) is 11.4. The molecular formula is C16H12N2O3. The number of aromatic nitrogens is 2. The van der Waals surface area contributed by atoms with E-state index in [0.717, 1.165) is 22.2 Å². The minimum absolute atomic E-state index is 0.244. The lowest BCUT2D eigenvalue weighted by Gasteiger charge is -2.08. The van der Waals surface area contributed by atoms with E-state index in [1.165, 1.54) is 6.33 Å². The molecule has 2 heterocycles. The van der Waals surface area contributed by atoms with E-state index >= 15 is 0 Å². The number of fused-ring (bicyclic) bond motifs is 2. The fraction of sp³-hybridized carbons (Fsp3) is 0.125. The van der Waals surface area contributed by atoms with Crippen molar-refractivity contribution in [3.8, 4) is 23.1 Å². The van der Waals surface area contributed by atoms with Crippen molar-refractivity contribution in [3.63, 3.8) is 0 Å². The molecule has 0 aliphatic carbocycles. The summed E-state index contributed by atoms with van der Waals surface area (Å²) in [6.45, 7) is 2.27. The van der Waals surface area contributed by atoms with Gasteiger partial charge in [-0.05, 0) is 31.2 Å². The summed E-state index contributed by atoms with van der Waals surface area (Å²) in [4.78, 5) is 8.48. The molecule has 4 rings (SSSR count). The molecule has 0 bridgehead atoms. The molecule has 104 valence electrons. The van der Waals surface area contributed by atoms with E-state index in [2.05, 4.69) is 9.97 Å². The lowest BCUT2D eigenvalue weighted by Crippen LogP contribution is -1.93. The molecule has 0 radical (unpaired) electrons. The number of benzene rings is 2. The third kappa shape index (κ3) is 2.12. The van der Waals surface area contributed by atoms with Crippen LogP contribution in [-0.2, 0) is 0 Å². The third-order valence-electron chi connectivity index (χ3n) is 3.31. The minimum atomic E-state index is 0.244. The first kappa shape index (κ1) is 12.0. The van der Waals surface area contributed by atoms with Gasteiger partial charge in [-0.1, -0.05) is 11.6 Å². The number of hydrogen-bond donors (Lipinski definition) is 0. The van der Waals surface area contributed by atoms with Crippen molar-refractivity contribution in [2.45, 2.75) is 6.92 Å². The molecule has 0 unspecified atom stereocenters. The van der Waals surface area contributed by atoms with Crippen LogP contribution in [0.15, 0.2) is 42.7 Å². The minimum Gasteiger partial charge on any atom is -0.454 e. The summed E-state index contributed by atoms with van der Waals surface area (Å²) in [6.07, 6.45) is 1.50. The highest BCUT2D eigenvalue weighted by Gasteiger charge is 2.15. The van der Waals surface area contributed by atoms with E-state index < -0.39 is 0 Å². The van der Waals surface area contributed by atoms with Gasteiger partial charge in [0, 0.05) is 6.07 Å². The van der Waals surface area contributed by atoms with E-state index in [4.69, 9.17) is 14.2 Å². The Balaban J connectivity index is 1.75. The molecule has 0 atom stereocenters. The van der Waals surface area contributed by atoms with Gasteiger partial charge < -0.3 is 14.2 Å². The van der Waals surface area contributed by atoms with Crippen LogP contribution >= 0.6 is 0 Å². The first-order valence-electron chi connectivity index (χ1n) is 6.58. The Labute approximate surface area is 121 Å². The third-order valence-corrected chi connectivity index (χ3v) is 3.31. The number of hydrogen-bond acceptors (Lipinski definition) is 5. The van der Waals surface area contributed by atoms with Gasteiger partial charge >= 0.3 is 0 Å². The molecule has 1 aliphatic rings. The molecule has 5 heteroatoms. The van der Waals surface area contributed by atoms with Crippen LogP contribution in [0.3, 0.4) is 0 Å². The van der Waals surface area contributed by atoms with Crippen molar-refractivity contribution in [2.24, 2.45) is 0 Å².